The molecule has 1 fully saturated rings. The second kappa shape index (κ2) is 5.32. The summed E-state index contributed by atoms with van der Waals surface area (Å²) >= 11 is 0. The van der Waals surface area contributed by atoms with Gasteiger partial charge in [-0.25, -0.2) is 0 Å². The first kappa shape index (κ1) is 12.1. The first-order chi connectivity index (χ1) is 8.70. The van der Waals surface area contributed by atoms with Gasteiger partial charge in [-0.05, 0) is 37.1 Å². The summed E-state index contributed by atoms with van der Waals surface area (Å²) in [6.45, 7) is 1.30. The molecule has 18 heavy (non-hydrogen) atoms. The fourth-order valence-corrected chi connectivity index (χ4v) is 1.88. The van der Waals surface area contributed by atoms with E-state index >= 15 is 0 Å². The molecule has 0 spiro atoms. The third-order valence-corrected chi connectivity index (χ3v) is 2.86. The van der Waals surface area contributed by atoms with Crippen LogP contribution in [0.25, 0.3) is 0 Å². The van der Waals surface area contributed by atoms with Gasteiger partial charge < -0.3 is 10.2 Å². The van der Waals surface area contributed by atoms with Crippen LogP contribution >= 0.6 is 0 Å². The number of amides is 2. The second-order valence-corrected chi connectivity index (χ2v) is 4.14. The lowest BCUT2D eigenvalue weighted by Gasteiger charge is -2.14. The van der Waals surface area contributed by atoms with Gasteiger partial charge in [-0.2, -0.15) is 5.26 Å². The van der Waals surface area contributed by atoms with Gasteiger partial charge in [0.05, 0.1) is 11.6 Å². The highest BCUT2D eigenvalue weighted by Gasteiger charge is 2.24. The van der Waals surface area contributed by atoms with Crippen LogP contribution in [0.1, 0.15) is 18.4 Å². The number of nitrogens with zero attached hydrogens (tertiary/aromatic N) is 2. The van der Waals surface area contributed by atoms with Gasteiger partial charge in [-0.3, -0.25) is 9.59 Å². The van der Waals surface area contributed by atoms with Crippen molar-refractivity contribution in [2.24, 2.45) is 0 Å². The molecular formula is C13H13N3O2. The number of nitriles is 1. The lowest BCUT2D eigenvalue weighted by atomic mass is 10.2. The highest BCUT2D eigenvalue weighted by atomic mass is 16.2. The van der Waals surface area contributed by atoms with Crippen LogP contribution in [0, 0.1) is 11.3 Å². The summed E-state index contributed by atoms with van der Waals surface area (Å²) in [5.74, 6) is -1.11. The van der Waals surface area contributed by atoms with Crippen LogP contribution in [-0.2, 0) is 9.59 Å². The summed E-state index contributed by atoms with van der Waals surface area (Å²) in [6.07, 6.45) is 1.91. The van der Waals surface area contributed by atoms with Crippen LogP contribution in [0.15, 0.2) is 24.3 Å². The number of likely N-dealkylation sites (tertiary alicyclic amines) is 1. The number of carbonyl (C=O) groups is 2. The Morgan fingerprint density at radius 1 is 1.17 bits per heavy atom. The third-order valence-electron chi connectivity index (χ3n) is 2.86. The van der Waals surface area contributed by atoms with E-state index in [0.29, 0.717) is 24.3 Å². The standard InChI is InChI=1S/C13H13N3O2/c14-9-10-3-5-11(6-4-10)15-12(17)13(18)16-7-1-2-8-16/h3-6H,1-2,7-8H2,(H,15,17). The molecule has 1 saturated heterocycles. The molecule has 1 aromatic rings. The van der Waals surface area contributed by atoms with Crippen molar-refractivity contribution >= 4 is 17.5 Å². The SMILES string of the molecule is N#Cc1ccc(NC(=O)C(=O)N2CCCC2)cc1. The number of benzene rings is 1. The molecule has 0 saturated carbocycles. The lowest BCUT2D eigenvalue weighted by Crippen LogP contribution is -2.37. The maximum atomic E-state index is 11.7. The quantitative estimate of drug-likeness (QED) is 0.751. The van der Waals surface area contributed by atoms with Crippen LogP contribution in [-0.4, -0.2) is 29.8 Å². The molecule has 1 aliphatic heterocycles. The fraction of sp³-hybridized carbons (Fsp3) is 0.308. The lowest BCUT2D eigenvalue weighted by molar-refractivity contribution is -0.142. The van der Waals surface area contributed by atoms with E-state index in [1.54, 1.807) is 29.2 Å². The van der Waals surface area contributed by atoms with Crippen molar-refractivity contribution in [3.8, 4) is 6.07 Å². The molecule has 92 valence electrons. The van der Waals surface area contributed by atoms with E-state index in [9.17, 15) is 9.59 Å². The zero-order valence-electron chi connectivity index (χ0n) is 9.85. The Morgan fingerprint density at radius 3 is 2.33 bits per heavy atom. The fourth-order valence-electron chi connectivity index (χ4n) is 1.88. The highest BCUT2D eigenvalue weighted by molar-refractivity contribution is 6.39. The van der Waals surface area contributed by atoms with Crippen LogP contribution in [0.5, 0.6) is 0 Å². The Hall–Kier alpha value is -2.35. The molecule has 0 bridgehead atoms. The molecule has 2 rings (SSSR count). The Bertz CT molecular complexity index is 496. The largest absolute Gasteiger partial charge is 0.334 e. The monoisotopic (exact) mass is 243 g/mol. The molecule has 1 heterocycles. The summed E-state index contributed by atoms with van der Waals surface area (Å²) in [4.78, 5) is 25.0. The van der Waals surface area contributed by atoms with Crippen molar-refractivity contribution in [3.05, 3.63) is 29.8 Å². The van der Waals surface area contributed by atoms with Gasteiger partial charge >= 0.3 is 11.8 Å². The van der Waals surface area contributed by atoms with Crippen molar-refractivity contribution < 1.29 is 9.59 Å². The molecule has 1 aliphatic rings. The predicted octanol–water partition coefficient (Wildman–Crippen LogP) is 1.12. The van der Waals surface area contributed by atoms with Crippen molar-refractivity contribution in [1.29, 1.82) is 5.26 Å². The average Bonchev–Trinajstić information content (AvgIpc) is 2.92. The van der Waals surface area contributed by atoms with Crippen LogP contribution in [0.4, 0.5) is 5.69 Å². The summed E-state index contributed by atoms with van der Waals surface area (Å²) in [5.41, 5.74) is 1.03. The Morgan fingerprint density at radius 2 is 1.78 bits per heavy atom. The van der Waals surface area contributed by atoms with Gasteiger partial charge in [0, 0.05) is 18.8 Å². The average molecular weight is 243 g/mol. The number of hydrogen-bond acceptors (Lipinski definition) is 3. The first-order valence-corrected chi connectivity index (χ1v) is 5.81. The van der Waals surface area contributed by atoms with E-state index in [-0.39, 0.29) is 0 Å². The summed E-state index contributed by atoms with van der Waals surface area (Å²) < 4.78 is 0. The second-order valence-electron chi connectivity index (χ2n) is 4.14. The molecule has 0 unspecified atom stereocenters. The van der Waals surface area contributed by atoms with Crippen molar-refractivity contribution in [3.63, 3.8) is 0 Å². The van der Waals surface area contributed by atoms with Gasteiger partial charge in [0.2, 0.25) is 0 Å². The number of carbonyl (C=O) groups excluding carboxylic acids is 2. The van der Waals surface area contributed by atoms with Crippen LogP contribution in [0.2, 0.25) is 0 Å². The highest BCUT2D eigenvalue weighted by Crippen LogP contribution is 2.11. The summed E-state index contributed by atoms with van der Waals surface area (Å²) in [6, 6.07) is 8.38. The predicted molar refractivity (Wildman–Crippen MR) is 65.6 cm³/mol. The summed E-state index contributed by atoms with van der Waals surface area (Å²) in [5, 5.41) is 11.2. The smallest absolute Gasteiger partial charge is 0.313 e. The molecule has 0 radical (unpaired) electrons. The molecule has 0 atom stereocenters. The normalized spacial score (nSPS) is 14.1. The molecule has 0 aromatic heterocycles. The first-order valence-electron chi connectivity index (χ1n) is 5.81. The Balaban J connectivity index is 1.97. The van der Waals surface area contributed by atoms with Crippen molar-refractivity contribution in [2.45, 2.75) is 12.8 Å². The number of anilines is 1. The third kappa shape index (κ3) is 2.66. The van der Waals surface area contributed by atoms with Gasteiger partial charge in [-0.15, -0.1) is 0 Å². The zero-order chi connectivity index (χ0) is 13.0. The van der Waals surface area contributed by atoms with E-state index < -0.39 is 11.8 Å². The molecule has 0 aliphatic carbocycles. The van der Waals surface area contributed by atoms with E-state index in [1.807, 2.05) is 6.07 Å². The van der Waals surface area contributed by atoms with Gasteiger partial charge in [0.25, 0.3) is 0 Å². The Kier molecular flexibility index (Phi) is 3.58. The number of hydrogen-bond donors (Lipinski definition) is 1. The van der Waals surface area contributed by atoms with Crippen molar-refractivity contribution in [2.75, 3.05) is 18.4 Å². The maximum absolute atomic E-state index is 11.7. The summed E-state index contributed by atoms with van der Waals surface area (Å²) in [7, 11) is 0. The molecule has 2 amide bonds. The molecule has 5 nitrogen and oxygen atoms in total. The van der Waals surface area contributed by atoms with E-state index in [2.05, 4.69) is 5.32 Å². The van der Waals surface area contributed by atoms with Crippen molar-refractivity contribution in [1.82, 2.24) is 4.90 Å². The maximum Gasteiger partial charge on any atom is 0.313 e. The zero-order valence-corrected chi connectivity index (χ0v) is 9.85. The topological polar surface area (TPSA) is 73.2 Å². The van der Waals surface area contributed by atoms with Gasteiger partial charge in [0.1, 0.15) is 0 Å². The minimum absolute atomic E-state index is 0.489. The molecule has 5 heteroatoms. The van der Waals surface area contributed by atoms with Crippen LogP contribution < -0.4 is 5.32 Å². The minimum atomic E-state index is -0.624. The van der Waals surface area contributed by atoms with E-state index in [0.717, 1.165) is 12.8 Å². The number of rotatable bonds is 1. The van der Waals surface area contributed by atoms with E-state index in [1.165, 1.54) is 0 Å². The Labute approximate surface area is 105 Å². The van der Waals surface area contributed by atoms with Gasteiger partial charge in [-0.1, -0.05) is 0 Å². The van der Waals surface area contributed by atoms with Crippen LogP contribution in [0.3, 0.4) is 0 Å². The van der Waals surface area contributed by atoms with E-state index in [4.69, 9.17) is 5.26 Å². The molecule has 1 aromatic carbocycles. The minimum Gasteiger partial charge on any atom is -0.334 e. The van der Waals surface area contributed by atoms with Gasteiger partial charge in [0.15, 0.2) is 0 Å². The number of nitrogens with one attached hydrogen (secondary N) is 1. The molecular weight excluding hydrogens is 230 g/mol. The molecule has 1 N–H and O–H groups in total.